The predicted octanol–water partition coefficient (Wildman–Crippen LogP) is 3.75. The molecular weight excluding hydrogens is 401 g/mol. The van der Waals surface area contributed by atoms with Gasteiger partial charge in [-0.2, -0.15) is 0 Å². The van der Waals surface area contributed by atoms with Gasteiger partial charge in [-0.1, -0.05) is 12.1 Å². The molecule has 1 fully saturated rings. The molecule has 2 aromatic rings. The number of anilines is 1. The molecule has 2 amide bonds. The largest absolute Gasteiger partial charge is 0.573 e. The Kier molecular flexibility index (Phi) is 6.49. The van der Waals surface area contributed by atoms with Crippen LogP contribution in [0.2, 0.25) is 0 Å². The number of benzene rings is 2. The maximum atomic E-state index is 12.3. The van der Waals surface area contributed by atoms with Gasteiger partial charge in [-0.05, 0) is 48.4 Å². The molecule has 6 nitrogen and oxygen atoms in total. The first-order chi connectivity index (χ1) is 14.2. The lowest BCUT2D eigenvalue weighted by atomic mass is 10.2. The van der Waals surface area contributed by atoms with E-state index in [0.717, 1.165) is 12.1 Å². The van der Waals surface area contributed by atoms with Crippen molar-refractivity contribution in [3.05, 3.63) is 54.1 Å². The molecule has 0 spiro atoms. The average molecular weight is 422 g/mol. The topological polar surface area (TPSA) is 59.1 Å². The number of rotatable bonds is 7. The second kappa shape index (κ2) is 9.06. The van der Waals surface area contributed by atoms with Gasteiger partial charge in [0.2, 0.25) is 5.91 Å². The predicted molar refractivity (Wildman–Crippen MR) is 103 cm³/mol. The smallest absolute Gasteiger partial charge is 0.484 e. The molecule has 0 aliphatic carbocycles. The molecule has 3 rings (SSSR count). The summed E-state index contributed by atoms with van der Waals surface area (Å²) in [4.78, 5) is 27.2. The van der Waals surface area contributed by atoms with Crippen LogP contribution >= 0.6 is 0 Å². The molecule has 0 saturated carbocycles. The van der Waals surface area contributed by atoms with Crippen LogP contribution in [0, 0.1) is 0 Å². The minimum atomic E-state index is -4.74. The van der Waals surface area contributed by atoms with Crippen molar-refractivity contribution >= 4 is 17.5 Å². The molecule has 0 aromatic heterocycles. The van der Waals surface area contributed by atoms with Crippen molar-refractivity contribution in [2.24, 2.45) is 0 Å². The molecule has 160 valence electrons. The fraction of sp³-hybridized carbons (Fsp3) is 0.333. The molecular formula is C21H21F3N2O4. The van der Waals surface area contributed by atoms with E-state index in [4.69, 9.17) is 4.74 Å². The highest BCUT2D eigenvalue weighted by Gasteiger charge is 2.31. The van der Waals surface area contributed by atoms with Crippen LogP contribution in [0.3, 0.4) is 0 Å². The Labute approximate surface area is 171 Å². The van der Waals surface area contributed by atoms with Gasteiger partial charge in [0.15, 0.2) is 6.61 Å². The second-order valence-corrected chi connectivity index (χ2v) is 6.87. The van der Waals surface area contributed by atoms with Crippen LogP contribution in [-0.2, 0) is 16.1 Å². The first kappa shape index (κ1) is 21.5. The van der Waals surface area contributed by atoms with Gasteiger partial charge in [0, 0.05) is 32.2 Å². The van der Waals surface area contributed by atoms with Gasteiger partial charge >= 0.3 is 6.36 Å². The molecule has 2 aromatic carbocycles. The molecule has 0 N–H and O–H groups in total. The van der Waals surface area contributed by atoms with Gasteiger partial charge in [-0.15, -0.1) is 13.2 Å². The third kappa shape index (κ3) is 5.88. The fourth-order valence-electron chi connectivity index (χ4n) is 3.06. The van der Waals surface area contributed by atoms with Crippen LogP contribution in [0.5, 0.6) is 11.5 Å². The molecule has 0 radical (unpaired) electrons. The van der Waals surface area contributed by atoms with Crippen molar-refractivity contribution in [1.82, 2.24) is 4.90 Å². The summed E-state index contributed by atoms with van der Waals surface area (Å²) in [5.74, 6) is -0.00803. The number of amides is 2. The number of alkyl halides is 3. The van der Waals surface area contributed by atoms with Crippen molar-refractivity contribution in [2.75, 3.05) is 25.1 Å². The second-order valence-electron chi connectivity index (χ2n) is 6.87. The van der Waals surface area contributed by atoms with E-state index in [9.17, 15) is 22.8 Å². The van der Waals surface area contributed by atoms with Crippen molar-refractivity contribution in [3.63, 3.8) is 0 Å². The Balaban J connectivity index is 1.48. The quantitative estimate of drug-likeness (QED) is 0.682. The van der Waals surface area contributed by atoms with E-state index < -0.39 is 6.36 Å². The first-order valence-corrected chi connectivity index (χ1v) is 9.33. The lowest BCUT2D eigenvalue weighted by Crippen LogP contribution is -2.31. The first-order valence-electron chi connectivity index (χ1n) is 9.33. The van der Waals surface area contributed by atoms with Crippen molar-refractivity contribution in [3.8, 4) is 11.5 Å². The molecule has 0 bridgehead atoms. The van der Waals surface area contributed by atoms with Gasteiger partial charge in [-0.3, -0.25) is 9.59 Å². The molecule has 1 saturated heterocycles. The number of nitrogens with zero attached hydrogens (tertiary/aromatic N) is 2. The maximum Gasteiger partial charge on any atom is 0.573 e. The number of carbonyl (C=O) groups excluding carboxylic acids is 2. The number of carbonyl (C=O) groups is 2. The molecule has 0 unspecified atom stereocenters. The third-order valence-electron chi connectivity index (χ3n) is 4.59. The maximum absolute atomic E-state index is 12.3. The Hall–Kier alpha value is -3.23. The molecule has 1 aliphatic rings. The fourth-order valence-corrected chi connectivity index (χ4v) is 3.06. The molecule has 0 atom stereocenters. The molecule has 1 heterocycles. The zero-order valence-corrected chi connectivity index (χ0v) is 16.3. The monoisotopic (exact) mass is 422 g/mol. The Morgan fingerprint density at radius 2 is 1.70 bits per heavy atom. The number of likely N-dealkylation sites (N-methyl/N-ethyl adjacent to an activating group) is 1. The highest BCUT2D eigenvalue weighted by atomic mass is 19.4. The number of hydrogen-bond acceptors (Lipinski definition) is 4. The average Bonchev–Trinajstić information content (AvgIpc) is 3.12. The molecule has 30 heavy (non-hydrogen) atoms. The van der Waals surface area contributed by atoms with E-state index in [1.165, 1.54) is 29.2 Å². The zero-order chi connectivity index (χ0) is 21.7. The number of hydrogen-bond donors (Lipinski definition) is 0. The zero-order valence-electron chi connectivity index (χ0n) is 16.3. The molecule has 1 aliphatic heterocycles. The van der Waals surface area contributed by atoms with Crippen LogP contribution in [0.1, 0.15) is 18.4 Å². The third-order valence-corrected chi connectivity index (χ3v) is 4.59. The summed E-state index contributed by atoms with van der Waals surface area (Å²) in [6.07, 6.45) is -3.35. The van der Waals surface area contributed by atoms with Crippen LogP contribution in [0.25, 0.3) is 0 Å². The summed E-state index contributed by atoms with van der Waals surface area (Å²) >= 11 is 0. The SMILES string of the molecule is CN(Cc1ccc(OC(F)(F)F)cc1)C(=O)COc1ccc(N2CCCC2=O)cc1. The van der Waals surface area contributed by atoms with Gasteiger partial charge in [0.05, 0.1) is 0 Å². The van der Waals surface area contributed by atoms with E-state index in [2.05, 4.69) is 4.74 Å². The van der Waals surface area contributed by atoms with Crippen LogP contribution in [0.4, 0.5) is 18.9 Å². The van der Waals surface area contributed by atoms with E-state index >= 15 is 0 Å². The Morgan fingerprint density at radius 1 is 1.07 bits per heavy atom. The van der Waals surface area contributed by atoms with E-state index in [-0.39, 0.29) is 30.7 Å². The lowest BCUT2D eigenvalue weighted by molar-refractivity contribution is -0.274. The van der Waals surface area contributed by atoms with Crippen molar-refractivity contribution < 1.29 is 32.2 Å². The van der Waals surface area contributed by atoms with Crippen molar-refractivity contribution in [2.45, 2.75) is 25.7 Å². The summed E-state index contributed by atoms with van der Waals surface area (Å²) < 4.78 is 45.9. The normalized spacial score (nSPS) is 14.0. The number of ether oxygens (including phenoxy) is 2. The van der Waals surface area contributed by atoms with Gasteiger partial charge in [0.1, 0.15) is 11.5 Å². The summed E-state index contributed by atoms with van der Waals surface area (Å²) in [6.45, 7) is 0.726. The standard InChI is InChI=1S/C21H21F3N2O4/c1-25(13-15-4-8-18(9-5-15)30-21(22,23)24)20(28)14-29-17-10-6-16(7-11-17)26-12-2-3-19(26)27/h4-11H,2-3,12-14H2,1H3. The van der Waals surface area contributed by atoms with Crippen LogP contribution < -0.4 is 14.4 Å². The van der Waals surface area contributed by atoms with Crippen molar-refractivity contribution in [1.29, 1.82) is 0 Å². The van der Waals surface area contributed by atoms with Gasteiger partial charge < -0.3 is 19.3 Å². The minimum absolute atomic E-state index is 0.0958. The van der Waals surface area contributed by atoms with E-state index in [1.54, 1.807) is 36.2 Å². The Morgan fingerprint density at radius 3 is 2.27 bits per heavy atom. The summed E-state index contributed by atoms with van der Waals surface area (Å²) in [5, 5.41) is 0. The highest BCUT2D eigenvalue weighted by Crippen LogP contribution is 2.24. The van der Waals surface area contributed by atoms with Gasteiger partial charge in [0.25, 0.3) is 5.91 Å². The molecule has 9 heteroatoms. The van der Waals surface area contributed by atoms with E-state index in [0.29, 0.717) is 24.3 Å². The summed E-state index contributed by atoms with van der Waals surface area (Å²) in [7, 11) is 1.58. The number of halogens is 3. The summed E-state index contributed by atoms with van der Waals surface area (Å²) in [6, 6.07) is 12.3. The van der Waals surface area contributed by atoms with Gasteiger partial charge in [-0.25, -0.2) is 0 Å². The van der Waals surface area contributed by atoms with E-state index in [1.807, 2.05) is 0 Å². The highest BCUT2D eigenvalue weighted by molar-refractivity contribution is 5.95. The Bertz CT molecular complexity index is 883. The minimum Gasteiger partial charge on any atom is -0.484 e. The van der Waals surface area contributed by atoms with Crippen LogP contribution in [-0.4, -0.2) is 43.3 Å². The van der Waals surface area contributed by atoms with Crippen LogP contribution in [0.15, 0.2) is 48.5 Å². The summed E-state index contributed by atoms with van der Waals surface area (Å²) in [5.41, 5.74) is 1.45. The lowest BCUT2D eigenvalue weighted by Gasteiger charge is -2.19.